The van der Waals surface area contributed by atoms with Crippen molar-refractivity contribution < 1.29 is 14.3 Å². The Hall–Kier alpha value is -2.54. The maximum Gasteiger partial charge on any atom is 0.254 e. The highest BCUT2D eigenvalue weighted by molar-refractivity contribution is 5.95. The van der Waals surface area contributed by atoms with Crippen molar-refractivity contribution in [2.24, 2.45) is 0 Å². The Morgan fingerprint density at radius 1 is 1.21 bits per heavy atom. The molecule has 7 heteroatoms. The monoisotopic (exact) mass is 330 g/mol. The SMILES string of the molecule is CN(C)CCN(Cc1cnc[nH]1)C(=O)c1ccc2c(c1)OCCO2. The maximum atomic E-state index is 12.9. The van der Waals surface area contributed by atoms with Gasteiger partial charge in [0.05, 0.1) is 18.6 Å². The standard InChI is InChI=1S/C17H22N4O3/c1-20(2)5-6-21(11-14-10-18-12-19-14)17(22)13-3-4-15-16(9-13)24-8-7-23-15/h3-4,9-10,12H,5-8,11H2,1-2H3,(H,18,19). The van der Waals surface area contributed by atoms with Crippen LogP contribution < -0.4 is 9.47 Å². The van der Waals surface area contributed by atoms with Gasteiger partial charge in [0.1, 0.15) is 13.2 Å². The molecule has 0 aliphatic carbocycles. The third-order valence-electron chi connectivity index (χ3n) is 3.81. The number of fused-ring (bicyclic) bond motifs is 1. The number of hydrogen-bond acceptors (Lipinski definition) is 5. The molecule has 1 aromatic heterocycles. The molecule has 24 heavy (non-hydrogen) atoms. The first kappa shape index (κ1) is 16.3. The Kier molecular flexibility index (Phi) is 5.00. The molecule has 1 N–H and O–H groups in total. The van der Waals surface area contributed by atoms with Crippen molar-refractivity contribution in [3.05, 3.63) is 42.0 Å². The largest absolute Gasteiger partial charge is 0.486 e. The number of carbonyl (C=O) groups is 1. The summed E-state index contributed by atoms with van der Waals surface area (Å²) >= 11 is 0. The van der Waals surface area contributed by atoms with Gasteiger partial charge in [-0.2, -0.15) is 0 Å². The number of hydrogen-bond donors (Lipinski definition) is 1. The summed E-state index contributed by atoms with van der Waals surface area (Å²) in [6.07, 6.45) is 3.35. The third-order valence-corrected chi connectivity index (χ3v) is 3.81. The molecule has 1 aromatic carbocycles. The van der Waals surface area contributed by atoms with Gasteiger partial charge >= 0.3 is 0 Å². The third kappa shape index (κ3) is 3.86. The average Bonchev–Trinajstić information content (AvgIpc) is 3.10. The van der Waals surface area contributed by atoms with E-state index < -0.39 is 0 Å². The quantitative estimate of drug-likeness (QED) is 0.866. The molecule has 0 spiro atoms. The van der Waals surface area contributed by atoms with E-state index in [4.69, 9.17) is 9.47 Å². The van der Waals surface area contributed by atoms with Crippen molar-refractivity contribution in [1.29, 1.82) is 0 Å². The molecule has 1 aliphatic heterocycles. The van der Waals surface area contributed by atoms with Crippen molar-refractivity contribution in [1.82, 2.24) is 19.8 Å². The van der Waals surface area contributed by atoms with Gasteiger partial charge in [0.15, 0.2) is 11.5 Å². The molecule has 0 saturated carbocycles. The first-order valence-corrected chi connectivity index (χ1v) is 7.94. The molecule has 1 aliphatic rings. The molecule has 2 heterocycles. The summed E-state index contributed by atoms with van der Waals surface area (Å²) in [4.78, 5) is 23.9. The van der Waals surface area contributed by atoms with Crippen LogP contribution in [0.25, 0.3) is 0 Å². The number of nitrogens with one attached hydrogen (secondary N) is 1. The number of aromatic amines is 1. The molecular weight excluding hydrogens is 308 g/mol. The average molecular weight is 330 g/mol. The molecule has 0 saturated heterocycles. The second kappa shape index (κ2) is 7.35. The van der Waals surface area contributed by atoms with Gasteiger partial charge in [-0.25, -0.2) is 4.98 Å². The van der Waals surface area contributed by atoms with Crippen LogP contribution in [0.5, 0.6) is 11.5 Å². The van der Waals surface area contributed by atoms with E-state index in [9.17, 15) is 4.79 Å². The number of rotatable bonds is 6. The Morgan fingerprint density at radius 3 is 2.71 bits per heavy atom. The minimum Gasteiger partial charge on any atom is -0.486 e. The van der Waals surface area contributed by atoms with Crippen molar-refractivity contribution in [2.75, 3.05) is 40.4 Å². The van der Waals surface area contributed by atoms with E-state index in [-0.39, 0.29) is 5.91 Å². The van der Waals surface area contributed by atoms with Crippen LogP contribution in [0.3, 0.4) is 0 Å². The topological polar surface area (TPSA) is 70.7 Å². The van der Waals surface area contributed by atoms with E-state index in [0.717, 1.165) is 12.2 Å². The summed E-state index contributed by atoms with van der Waals surface area (Å²) in [6, 6.07) is 5.33. The summed E-state index contributed by atoms with van der Waals surface area (Å²) < 4.78 is 11.1. The van der Waals surface area contributed by atoms with Gasteiger partial charge in [0.25, 0.3) is 5.91 Å². The first-order valence-electron chi connectivity index (χ1n) is 7.94. The second-order valence-corrected chi connectivity index (χ2v) is 5.97. The fourth-order valence-corrected chi connectivity index (χ4v) is 2.51. The van der Waals surface area contributed by atoms with Gasteiger partial charge < -0.3 is 24.3 Å². The predicted octanol–water partition coefficient (Wildman–Crippen LogP) is 1.38. The maximum absolute atomic E-state index is 12.9. The lowest BCUT2D eigenvalue weighted by atomic mass is 10.1. The smallest absolute Gasteiger partial charge is 0.254 e. The summed E-state index contributed by atoms with van der Waals surface area (Å²) in [7, 11) is 3.98. The summed E-state index contributed by atoms with van der Waals surface area (Å²) in [5.41, 5.74) is 1.50. The molecule has 0 fully saturated rings. The van der Waals surface area contributed by atoms with E-state index in [2.05, 4.69) is 14.9 Å². The molecule has 0 unspecified atom stereocenters. The van der Waals surface area contributed by atoms with E-state index in [1.165, 1.54) is 0 Å². The highest BCUT2D eigenvalue weighted by Gasteiger charge is 2.20. The highest BCUT2D eigenvalue weighted by atomic mass is 16.6. The summed E-state index contributed by atoms with van der Waals surface area (Å²) in [5, 5.41) is 0. The number of ether oxygens (including phenoxy) is 2. The van der Waals surface area contributed by atoms with Crippen LogP contribution in [-0.4, -0.2) is 66.1 Å². The van der Waals surface area contributed by atoms with Crippen molar-refractivity contribution >= 4 is 5.91 Å². The molecule has 128 valence electrons. The van der Waals surface area contributed by atoms with E-state index in [1.54, 1.807) is 35.6 Å². The normalized spacial score (nSPS) is 13.1. The Labute approximate surface area is 141 Å². The van der Waals surface area contributed by atoms with Crippen LogP contribution in [-0.2, 0) is 6.54 Å². The molecule has 1 amide bonds. The molecule has 3 rings (SSSR count). The van der Waals surface area contributed by atoms with Gasteiger partial charge in [-0.3, -0.25) is 4.79 Å². The zero-order valence-corrected chi connectivity index (χ0v) is 14.0. The lowest BCUT2D eigenvalue weighted by Crippen LogP contribution is -2.36. The lowest BCUT2D eigenvalue weighted by Gasteiger charge is -2.25. The highest BCUT2D eigenvalue weighted by Crippen LogP contribution is 2.31. The Morgan fingerprint density at radius 2 is 2.00 bits per heavy atom. The predicted molar refractivity (Wildman–Crippen MR) is 89.3 cm³/mol. The number of nitrogens with zero attached hydrogens (tertiary/aromatic N) is 3. The van der Waals surface area contributed by atoms with Crippen LogP contribution in [0.2, 0.25) is 0 Å². The van der Waals surface area contributed by atoms with Gasteiger partial charge in [-0.15, -0.1) is 0 Å². The number of imidazole rings is 1. The van der Waals surface area contributed by atoms with E-state index in [1.807, 2.05) is 14.1 Å². The summed E-state index contributed by atoms with van der Waals surface area (Å²) in [5.74, 6) is 1.27. The zero-order valence-electron chi connectivity index (χ0n) is 14.0. The van der Waals surface area contributed by atoms with Crippen LogP contribution in [0, 0.1) is 0 Å². The molecule has 0 bridgehead atoms. The molecule has 0 radical (unpaired) electrons. The van der Waals surface area contributed by atoms with E-state index >= 15 is 0 Å². The first-order chi connectivity index (χ1) is 11.6. The van der Waals surface area contributed by atoms with Crippen molar-refractivity contribution in [3.63, 3.8) is 0 Å². The number of amides is 1. The van der Waals surface area contributed by atoms with Crippen molar-refractivity contribution in [3.8, 4) is 11.5 Å². The molecule has 2 aromatic rings. The number of benzene rings is 1. The van der Waals surface area contributed by atoms with Gasteiger partial charge in [-0.1, -0.05) is 0 Å². The van der Waals surface area contributed by atoms with E-state index in [0.29, 0.717) is 43.4 Å². The number of likely N-dealkylation sites (N-methyl/N-ethyl adjacent to an activating group) is 1. The minimum absolute atomic E-state index is 0.0385. The number of aromatic nitrogens is 2. The van der Waals surface area contributed by atoms with Gasteiger partial charge in [0.2, 0.25) is 0 Å². The zero-order chi connectivity index (χ0) is 16.9. The fraction of sp³-hybridized carbons (Fsp3) is 0.412. The summed E-state index contributed by atoms with van der Waals surface area (Å²) in [6.45, 7) is 2.93. The number of H-pyrrole nitrogens is 1. The van der Waals surface area contributed by atoms with Crippen LogP contribution in [0.4, 0.5) is 0 Å². The second-order valence-electron chi connectivity index (χ2n) is 5.97. The van der Waals surface area contributed by atoms with Gasteiger partial charge in [-0.05, 0) is 32.3 Å². The fourth-order valence-electron chi connectivity index (χ4n) is 2.51. The van der Waals surface area contributed by atoms with Crippen LogP contribution >= 0.6 is 0 Å². The molecular formula is C17H22N4O3. The molecule has 7 nitrogen and oxygen atoms in total. The molecule has 0 atom stereocenters. The number of carbonyl (C=O) groups excluding carboxylic acids is 1. The van der Waals surface area contributed by atoms with Gasteiger partial charge in [0, 0.05) is 24.8 Å². The Balaban J connectivity index is 1.78. The van der Waals surface area contributed by atoms with Crippen LogP contribution in [0.15, 0.2) is 30.7 Å². The van der Waals surface area contributed by atoms with Crippen molar-refractivity contribution in [2.45, 2.75) is 6.54 Å². The Bertz CT molecular complexity index is 685. The lowest BCUT2D eigenvalue weighted by molar-refractivity contribution is 0.0729. The van der Waals surface area contributed by atoms with Crippen LogP contribution in [0.1, 0.15) is 16.1 Å². The minimum atomic E-state index is -0.0385.